The lowest BCUT2D eigenvalue weighted by molar-refractivity contribution is -0.149. The summed E-state index contributed by atoms with van der Waals surface area (Å²) >= 11 is 0. The first-order valence-electron chi connectivity index (χ1n) is 6.34. The number of piperazine rings is 1. The lowest BCUT2D eigenvalue weighted by Gasteiger charge is -2.35. The number of piperidine rings is 1. The Morgan fingerprint density at radius 1 is 1.16 bits per heavy atom. The van der Waals surface area contributed by atoms with Crippen LogP contribution in [-0.2, 0) is 19.2 Å². The summed E-state index contributed by atoms with van der Waals surface area (Å²) in [5, 5.41) is 2.16. The lowest BCUT2D eigenvalue weighted by Crippen LogP contribution is -2.56. The molecule has 2 rings (SSSR count). The molecule has 0 saturated carbocycles. The van der Waals surface area contributed by atoms with E-state index in [1.807, 2.05) is 0 Å². The lowest BCUT2D eigenvalue weighted by atomic mass is 9.96. The highest BCUT2D eigenvalue weighted by molar-refractivity contribution is 6.02. The fourth-order valence-electron chi connectivity index (χ4n) is 2.52. The molecule has 19 heavy (non-hydrogen) atoms. The van der Waals surface area contributed by atoms with E-state index in [2.05, 4.69) is 5.32 Å². The molecule has 0 bridgehead atoms. The van der Waals surface area contributed by atoms with Gasteiger partial charge in [0, 0.05) is 20.0 Å². The van der Waals surface area contributed by atoms with Crippen LogP contribution in [0.1, 0.15) is 19.8 Å². The molecule has 1 unspecified atom stereocenters. The van der Waals surface area contributed by atoms with E-state index in [1.54, 1.807) is 4.90 Å². The Morgan fingerprint density at radius 2 is 1.79 bits per heavy atom. The molecule has 2 saturated heterocycles. The molecule has 2 aliphatic rings. The maximum Gasteiger partial charge on any atom is 0.246 e. The Bertz CT molecular complexity index is 419. The number of imide groups is 1. The van der Waals surface area contributed by atoms with Crippen molar-refractivity contribution < 1.29 is 19.2 Å². The van der Waals surface area contributed by atoms with Crippen LogP contribution >= 0.6 is 0 Å². The van der Waals surface area contributed by atoms with Gasteiger partial charge in [0.1, 0.15) is 13.1 Å². The highest BCUT2D eigenvalue weighted by Crippen LogP contribution is 2.19. The van der Waals surface area contributed by atoms with Crippen LogP contribution in [0.5, 0.6) is 0 Å². The first-order chi connectivity index (χ1) is 8.97. The van der Waals surface area contributed by atoms with Crippen molar-refractivity contribution >= 4 is 23.6 Å². The van der Waals surface area contributed by atoms with Crippen LogP contribution in [0.2, 0.25) is 0 Å². The van der Waals surface area contributed by atoms with Crippen LogP contribution in [0.15, 0.2) is 0 Å². The topological polar surface area (TPSA) is 86.8 Å². The summed E-state index contributed by atoms with van der Waals surface area (Å²) < 4.78 is 0. The minimum atomic E-state index is -0.455. The standard InChI is InChI=1S/C12H17N3O4/c1-8(16)14-4-2-3-9(5-14)12(19)15-6-10(17)13-11(18)7-15/h9H,2-7H2,1H3,(H,13,17,18). The molecule has 0 spiro atoms. The number of rotatable bonds is 1. The van der Waals surface area contributed by atoms with Crippen molar-refractivity contribution in [1.29, 1.82) is 0 Å². The number of amides is 4. The van der Waals surface area contributed by atoms with E-state index in [4.69, 9.17) is 0 Å². The molecule has 104 valence electrons. The van der Waals surface area contributed by atoms with Crippen LogP contribution in [0.4, 0.5) is 0 Å². The maximum absolute atomic E-state index is 12.3. The average Bonchev–Trinajstić information content (AvgIpc) is 2.37. The Kier molecular flexibility index (Phi) is 3.82. The Hall–Kier alpha value is -1.92. The Labute approximate surface area is 110 Å². The van der Waals surface area contributed by atoms with Gasteiger partial charge in [0.05, 0.1) is 5.92 Å². The predicted octanol–water partition coefficient (Wildman–Crippen LogP) is -1.27. The van der Waals surface area contributed by atoms with Crippen molar-refractivity contribution in [1.82, 2.24) is 15.1 Å². The molecule has 2 heterocycles. The summed E-state index contributed by atoms with van der Waals surface area (Å²) in [6.45, 7) is 2.35. The van der Waals surface area contributed by atoms with Crippen LogP contribution in [0.25, 0.3) is 0 Å². The summed E-state index contributed by atoms with van der Waals surface area (Å²) in [4.78, 5) is 49.0. The van der Waals surface area contributed by atoms with E-state index in [0.717, 1.165) is 6.42 Å². The van der Waals surface area contributed by atoms with E-state index in [0.29, 0.717) is 19.5 Å². The molecule has 1 N–H and O–H groups in total. The molecule has 2 aliphatic heterocycles. The highest BCUT2D eigenvalue weighted by atomic mass is 16.2. The van der Waals surface area contributed by atoms with Crippen molar-refractivity contribution in [3.8, 4) is 0 Å². The third-order valence-electron chi connectivity index (χ3n) is 3.48. The zero-order chi connectivity index (χ0) is 14.0. The van der Waals surface area contributed by atoms with E-state index in [1.165, 1.54) is 11.8 Å². The average molecular weight is 267 g/mol. The van der Waals surface area contributed by atoms with Gasteiger partial charge in [-0.1, -0.05) is 0 Å². The van der Waals surface area contributed by atoms with Crippen LogP contribution < -0.4 is 5.32 Å². The molecule has 0 aliphatic carbocycles. The quantitative estimate of drug-likeness (QED) is 0.600. The van der Waals surface area contributed by atoms with E-state index >= 15 is 0 Å². The molecular formula is C12H17N3O4. The van der Waals surface area contributed by atoms with Gasteiger partial charge in [0.25, 0.3) is 0 Å². The van der Waals surface area contributed by atoms with Gasteiger partial charge in [-0.05, 0) is 12.8 Å². The fourth-order valence-corrected chi connectivity index (χ4v) is 2.52. The fraction of sp³-hybridized carbons (Fsp3) is 0.667. The first kappa shape index (κ1) is 13.5. The van der Waals surface area contributed by atoms with Crippen molar-refractivity contribution in [2.45, 2.75) is 19.8 Å². The summed E-state index contributed by atoms with van der Waals surface area (Å²) in [7, 11) is 0. The summed E-state index contributed by atoms with van der Waals surface area (Å²) in [5.41, 5.74) is 0. The number of hydrogen-bond donors (Lipinski definition) is 1. The van der Waals surface area contributed by atoms with Crippen molar-refractivity contribution in [3.05, 3.63) is 0 Å². The largest absolute Gasteiger partial charge is 0.342 e. The van der Waals surface area contributed by atoms with E-state index in [-0.39, 0.29) is 30.8 Å². The summed E-state index contributed by atoms with van der Waals surface area (Å²) in [5.74, 6) is -1.48. The van der Waals surface area contributed by atoms with Crippen LogP contribution in [0, 0.1) is 5.92 Å². The molecule has 0 aromatic rings. The van der Waals surface area contributed by atoms with Gasteiger partial charge in [-0.3, -0.25) is 24.5 Å². The molecule has 0 radical (unpaired) electrons. The van der Waals surface area contributed by atoms with E-state index in [9.17, 15) is 19.2 Å². The minimum Gasteiger partial charge on any atom is -0.342 e. The number of nitrogens with zero attached hydrogens (tertiary/aromatic N) is 2. The van der Waals surface area contributed by atoms with Gasteiger partial charge in [0.2, 0.25) is 23.6 Å². The van der Waals surface area contributed by atoms with Gasteiger partial charge in [-0.15, -0.1) is 0 Å². The molecule has 2 fully saturated rings. The van der Waals surface area contributed by atoms with Crippen molar-refractivity contribution in [2.24, 2.45) is 5.92 Å². The maximum atomic E-state index is 12.3. The zero-order valence-corrected chi connectivity index (χ0v) is 10.8. The van der Waals surface area contributed by atoms with Crippen molar-refractivity contribution in [3.63, 3.8) is 0 Å². The number of hydrogen-bond acceptors (Lipinski definition) is 4. The monoisotopic (exact) mass is 267 g/mol. The normalized spacial score (nSPS) is 24.2. The number of carbonyl (C=O) groups excluding carboxylic acids is 4. The number of likely N-dealkylation sites (tertiary alicyclic amines) is 1. The van der Waals surface area contributed by atoms with Crippen LogP contribution in [-0.4, -0.2) is 59.6 Å². The SMILES string of the molecule is CC(=O)N1CCCC(C(=O)N2CC(=O)NC(=O)C2)C1. The van der Waals surface area contributed by atoms with Gasteiger partial charge in [0.15, 0.2) is 0 Å². The third kappa shape index (κ3) is 3.10. The second-order valence-corrected chi connectivity index (χ2v) is 4.97. The molecule has 1 atom stereocenters. The van der Waals surface area contributed by atoms with E-state index < -0.39 is 11.8 Å². The smallest absolute Gasteiger partial charge is 0.246 e. The van der Waals surface area contributed by atoms with Crippen LogP contribution in [0.3, 0.4) is 0 Å². The highest BCUT2D eigenvalue weighted by Gasteiger charge is 2.33. The Morgan fingerprint density at radius 3 is 2.37 bits per heavy atom. The molecule has 7 heteroatoms. The Balaban J connectivity index is 2.00. The molecule has 0 aromatic carbocycles. The third-order valence-corrected chi connectivity index (χ3v) is 3.48. The molecular weight excluding hydrogens is 250 g/mol. The number of carbonyl (C=O) groups is 4. The zero-order valence-electron chi connectivity index (χ0n) is 10.8. The molecule has 0 aromatic heterocycles. The van der Waals surface area contributed by atoms with Gasteiger partial charge in [-0.25, -0.2) is 0 Å². The van der Waals surface area contributed by atoms with Gasteiger partial charge >= 0.3 is 0 Å². The second-order valence-electron chi connectivity index (χ2n) is 4.97. The second kappa shape index (κ2) is 5.38. The number of nitrogens with one attached hydrogen (secondary N) is 1. The summed E-state index contributed by atoms with van der Waals surface area (Å²) in [6.07, 6.45) is 1.46. The molecule has 7 nitrogen and oxygen atoms in total. The summed E-state index contributed by atoms with van der Waals surface area (Å²) in [6, 6.07) is 0. The predicted molar refractivity (Wildman–Crippen MR) is 64.7 cm³/mol. The van der Waals surface area contributed by atoms with Gasteiger partial charge in [-0.2, -0.15) is 0 Å². The minimum absolute atomic E-state index is 0.0510. The van der Waals surface area contributed by atoms with Gasteiger partial charge < -0.3 is 9.80 Å². The first-order valence-corrected chi connectivity index (χ1v) is 6.34. The van der Waals surface area contributed by atoms with Crippen molar-refractivity contribution in [2.75, 3.05) is 26.2 Å². The molecule has 4 amide bonds.